The quantitative estimate of drug-likeness (QED) is 0.614. The molecule has 0 aliphatic carbocycles. The molecule has 0 bridgehead atoms. The third-order valence-corrected chi connectivity index (χ3v) is 8.92. The molecule has 2 atom stereocenters. The van der Waals surface area contributed by atoms with E-state index in [1.807, 2.05) is 0 Å². The lowest BCUT2D eigenvalue weighted by Gasteiger charge is -2.41. The number of nitrogens with two attached hydrogens (primary N) is 1. The number of carbonyl (C=O) groups excluding carboxylic acids is 1. The first kappa shape index (κ1) is 24.0. The van der Waals surface area contributed by atoms with Crippen molar-refractivity contribution in [2.45, 2.75) is 35.6 Å². The number of halogens is 4. The predicted octanol–water partition coefficient (Wildman–Crippen LogP) is 2.05. The normalized spacial score (nSPS) is 25.4. The summed E-state index contributed by atoms with van der Waals surface area (Å²) < 4.78 is 83.3. The second-order valence-electron chi connectivity index (χ2n) is 8.41. The maximum Gasteiger partial charge on any atom is 0.434 e. The van der Waals surface area contributed by atoms with Crippen molar-refractivity contribution in [3.8, 4) is 0 Å². The van der Waals surface area contributed by atoms with Gasteiger partial charge in [-0.1, -0.05) is 0 Å². The van der Waals surface area contributed by atoms with E-state index in [0.29, 0.717) is 12.4 Å². The Balaban J connectivity index is 1.71. The van der Waals surface area contributed by atoms with Crippen molar-refractivity contribution in [2.75, 3.05) is 18.5 Å². The maximum absolute atomic E-state index is 15.0. The van der Waals surface area contributed by atoms with Crippen LogP contribution in [0.1, 0.15) is 35.6 Å². The SMILES string of the molecule is CC1(C)C(N)=N[C@@]2(c3cc(NC(=O)c4cnc(C(F)(F)F)cn4)ccc3F)COC[C@H]2S1(=O)=O. The van der Waals surface area contributed by atoms with Gasteiger partial charge in [0.05, 0.1) is 25.6 Å². The fourth-order valence-corrected chi connectivity index (χ4v) is 5.97. The number of rotatable bonds is 3. The van der Waals surface area contributed by atoms with Gasteiger partial charge in [-0.15, -0.1) is 0 Å². The van der Waals surface area contributed by atoms with E-state index in [-0.39, 0.29) is 30.3 Å². The van der Waals surface area contributed by atoms with Crippen LogP contribution >= 0.6 is 0 Å². The zero-order valence-electron chi connectivity index (χ0n) is 17.9. The largest absolute Gasteiger partial charge is 0.434 e. The first-order chi connectivity index (χ1) is 15.7. The van der Waals surface area contributed by atoms with Gasteiger partial charge < -0.3 is 15.8 Å². The fraction of sp³-hybridized carbons (Fsp3) is 0.400. The van der Waals surface area contributed by atoms with Crippen LogP contribution in [0.4, 0.5) is 23.2 Å². The molecule has 3 heterocycles. The van der Waals surface area contributed by atoms with Crippen LogP contribution in [0.5, 0.6) is 0 Å². The van der Waals surface area contributed by atoms with E-state index in [4.69, 9.17) is 10.5 Å². The summed E-state index contributed by atoms with van der Waals surface area (Å²) >= 11 is 0. The summed E-state index contributed by atoms with van der Waals surface area (Å²) in [6.07, 6.45) is -3.65. The van der Waals surface area contributed by atoms with E-state index in [9.17, 15) is 30.8 Å². The molecule has 0 spiro atoms. The first-order valence-corrected chi connectivity index (χ1v) is 11.4. The van der Waals surface area contributed by atoms with Crippen molar-refractivity contribution in [1.82, 2.24) is 9.97 Å². The third-order valence-electron chi connectivity index (χ3n) is 6.01. The summed E-state index contributed by atoms with van der Waals surface area (Å²) in [5.41, 5.74) is 2.50. The van der Waals surface area contributed by atoms with Gasteiger partial charge in [0.1, 0.15) is 32.9 Å². The van der Waals surface area contributed by atoms with E-state index in [1.54, 1.807) is 0 Å². The van der Waals surface area contributed by atoms with Gasteiger partial charge in [-0.05, 0) is 32.0 Å². The number of sulfone groups is 1. The number of amides is 1. The number of hydrogen-bond donors (Lipinski definition) is 2. The molecule has 2 aliphatic rings. The van der Waals surface area contributed by atoms with Crippen LogP contribution < -0.4 is 11.1 Å². The van der Waals surface area contributed by atoms with Crippen molar-refractivity contribution < 1.29 is 35.5 Å². The van der Waals surface area contributed by atoms with Gasteiger partial charge in [0.2, 0.25) is 0 Å². The van der Waals surface area contributed by atoms with Crippen LogP contribution in [0.2, 0.25) is 0 Å². The average molecular weight is 501 g/mol. The summed E-state index contributed by atoms with van der Waals surface area (Å²) in [7, 11) is -3.95. The van der Waals surface area contributed by atoms with Crippen LogP contribution in [-0.4, -0.2) is 53.3 Å². The zero-order valence-corrected chi connectivity index (χ0v) is 18.7. The Hall–Kier alpha value is -3.13. The second kappa shape index (κ2) is 7.70. The molecule has 3 N–H and O–H groups in total. The van der Waals surface area contributed by atoms with Crippen molar-refractivity contribution in [3.05, 3.63) is 53.4 Å². The lowest BCUT2D eigenvalue weighted by atomic mass is 9.87. The average Bonchev–Trinajstić information content (AvgIpc) is 3.19. The summed E-state index contributed by atoms with van der Waals surface area (Å²) in [5, 5.41) is 1.17. The summed E-state index contributed by atoms with van der Waals surface area (Å²) in [6, 6.07) is 3.40. The molecular weight excluding hydrogens is 482 g/mol. The van der Waals surface area contributed by atoms with Crippen LogP contribution in [0, 0.1) is 5.82 Å². The monoisotopic (exact) mass is 501 g/mol. The number of aromatic nitrogens is 2. The number of carbonyl (C=O) groups is 1. The maximum atomic E-state index is 15.0. The Bertz CT molecular complexity index is 1300. The number of fused-ring (bicyclic) bond motifs is 1. The van der Waals surface area contributed by atoms with Crippen LogP contribution in [0.25, 0.3) is 0 Å². The lowest BCUT2D eigenvalue weighted by Crippen LogP contribution is -2.60. The molecule has 1 aromatic heterocycles. The number of hydrogen-bond acceptors (Lipinski definition) is 8. The second-order valence-corrected chi connectivity index (χ2v) is 11.1. The summed E-state index contributed by atoms with van der Waals surface area (Å²) in [6.45, 7) is 2.33. The van der Waals surface area contributed by atoms with Crippen molar-refractivity contribution in [2.24, 2.45) is 10.7 Å². The van der Waals surface area contributed by atoms with Gasteiger partial charge in [0.15, 0.2) is 15.5 Å². The van der Waals surface area contributed by atoms with Crippen molar-refractivity contribution in [1.29, 1.82) is 0 Å². The number of alkyl halides is 3. The Morgan fingerprint density at radius 1 is 1.24 bits per heavy atom. The van der Waals surface area contributed by atoms with Crippen molar-refractivity contribution >= 4 is 27.3 Å². The van der Waals surface area contributed by atoms with E-state index < -0.39 is 54.7 Å². The van der Waals surface area contributed by atoms with E-state index >= 15 is 0 Å². The minimum absolute atomic E-state index is 0.0270. The minimum Gasteiger partial charge on any atom is -0.386 e. The number of nitrogens with one attached hydrogen (secondary N) is 1. The topological polar surface area (TPSA) is 137 Å². The van der Waals surface area contributed by atoms with E-state index in [0.717, 1.165) is 6.07 Å². The zero-order chi connectivity index (χ0) is 25.1. The summed E-state index contributed by atoms with van der Waals surface area (Å²) in [5.74, 6) is -1.91. The highest BCUT2D eigenvalue weighted by molar-refractivity contribution is 7.94. The number of benzene rings is 1. The Labute approximate surface area is 191 Å². The molecule has 0 radical (unpaired) electrons. The Morgan fingerprint density at radius 2 is 1.94 bits per heavy atom. The molecule has 4 rings (SSSR count). The smallest absolute Gasteiger partial charge is 0.386 e. The molecule has 1 amide bonds. The van der Waals surface area contributed by atoms with E-state index in [2.05, 4.69) is 20.3 Å². The molecule has 182 valence electrons. The molecule has 34 heavy (non-hydrogen) atoms. The fourth-order valence-electron chi connectivity index (χ4n) is 3.89. The molecule has 0 saturated carbocycles. The van der Waals surface area contributed by atoms with E-state index in [1.165, 1.54) is 26.0 Å². The third kappa shape index (κ3) is 3.60. The molecule has 2 aliphatic heterocycles. The highest BCUT2D eigenvalue weighted by Gasteiger charge is 2.62. The van der Waals surface area contributed by atoms with Crippen LogP contribution in [0.15, 0.2) is 35.6 Å². The Morgan fingerprint density at radius 3 is 2.56 bits per heavy atom. The molecular formula is C20H19F4N5O4S. The standard InChI is InChI=1S/C20H19F4N5O4S/c1-18(2)17(25)29-19(9-33-8-15(19)34(18,31)32)11-5-10(3-4-12(11)21)28-16(30)13-6-27-14(7-26-13)20(22,23)24/h3-7,15H,8-9H2,1-2H3,(H2,25,29)(H,28,30)/t15-,19-/m1/s1. The number of aliphatic imine (C=N–C) groups is 1. The Kier molecular flexibility index (Phi) is 5.44. The highest BCUT2D eigenvalue weighted by Crippen LogP contribution is 2.47. The highest BCUT2D eigenvalue weighted by atomic mass is 32.2. The molecule has 1 aromatic carbocycles. The van der Waals surface area contributed by atoms with Crippen molar-refractivity contribution in [3.63, 3.8) is 0 Å². The molecule has 1 saturated heterocycles. The molecule has 9 nitrogen and oxygen atoms in total. The number of nitrogens with zero attached hydrogens (tertiary/aromatic N) is 3. The van der Waals surface area contributed by atoms with Gasteiger partial charge in [-0.3, -0.25) is 9.79 Å². The first-order valence-electron chi connectivity index (χ1n) is 9.88. The molecule has 2 aromatic rings. The molecule has 14 heteroatoms. The number of amidine groups is 1. The summed E-state index contributed by atoms with van der Waals surface area (Å²) in [4.78, 5) is 23.5. The lowest BCUT2D eigenvalue weighted by molar-refractivity contribution is -0.141. The van der Waals surface area contributed by atoms with Crippen LogP contribution in [0.3, 0.4) is 0 Å². The number of anilines is 1. The van der Waals surface area contributed by atoms with Gasteiger partial charge in [0, 0.05) is 11.3 Å². The minimum atomic E-state index is -4.72. The van der Waals surface area contributed by atoms with Gasteiger partial charge in [-0.25, -0.2) is 22.8 Å². The predicted molar refractivity (Wildman–Crippen MR) is 112 cm³/mol. The van der Waals surface area contributed by atoms with Crippen LogP contribution in [-0.2, 0) is 26.3 Å². The van der Waals surface area contributed by atoms with Gasteiger partial charge in [0.25, 0.3) is 5.91 Å². The number of ether oxygens (including phenoxy) is 1. The molecule has 1 fully saturated rings. The molecule has 0 unspecified atom stereocenters. The van der Waals surface area contributed by atoms with Gasteiger partial charge in [-0.2, -0.15) is 13.2 Å². The van der Waals surface area contributed by atoms with Gasteiger partial charge >= 0.3 is 6.18 Å².